The van der Waals surface area contributed by atoms with Crippen molar-refractivity contribution in [3.05, 3.63) is 81.8 Å². The highest BCUT2D eigenvalue weighted by molar-refractivity contribution is 9.10. The summed E-state index contributed by atoms with van der Waals surface area (Å²) in [6.45, 7) is 0. The van der Waals surface area contributed by atoms with E-state index in [4.69, 9.17) is 16.0 Å². The Hall–Kier alpha value is -2.32. The van der Waals surface area contributed by atoms with Crippen molar-refractivity contribution < 1.29 is 23.5 Å². The Bertz CT molecular complexity index is 993. The van der Waals surface area contributed by atoms with Crippen molar-refractivity contribution in [1.29, 1.82) is 0 Å². The van der Waals surface area contributed by atoms with Crippen LogP contribution in [0.1, 0.15) is 18.6 Å². The Labute approximate surface area is 154 Å². The molecule has 0 fully saturated rings. The van der Waals surface area contributed by atoms with E-state index in [0.717, 1.165) is 0 Å². The molecular weight excluding hydrogens is 410 g/mol. The third kappa shape index (κ3) is 4.02. The monoisotopic (exact) mass is 424 g/mol. The number of hydrogen-bond acceptors (Lipinski definition) is 6. The molecule has 3 rings (SSSR count). The number of rotatable bonds is 5. The van der Waals surface area contributed by atoms with Crippen LogP contribution < -0.4 is 5.73 Å². The van der Waals surface area contributed by atoms with Gasteiger partial charge < -0.3 is 14.7 Å². The van der Waals surface area contributed by atoms with Gasteiger partial charge >= 0.3 is 10.1 Å². The molecular formula is C17H14BrNO5S. The van der Waals surface area contributed by atoms with Gasteiger partial charge in [0.2, 0.25) is 17.4 Å². The van der Waals surface area contributed by atoms with Crippen molar-refractivity contribution in [3.63, 3.8) is 0 Å². The SMILES string of the molecule is [2H][C@@]1(c2cccc(Br)c2)OC(N)=C(OS(=O)(=O)Cc2ccccc2)C1=O. The van der Waals surface area contributed by atoms with Crippen LogP contribution in [-0.4, -0.2) is 14.2 Å². The van der Waals surface area contributed by atoms with E-state index in [1.807, 2.05) is 0 Å². The molecule has 0 aromatic heterocycles. The van der Waals surface area contributed by atoms with E-state index in [1.54, 1.807) is 42.5 Å². The van der Waals surface area contributed by atoms with Gasteiger partial charge in [-0.05, 0) is 17.7 Å². The number of ether oxygens (including phenoxy) is 1. The van der Waals surface area contributed by atoms with E-state index in [-0.39, 0.29) is 5.56 Å². The smallest absolute Gasteiger partial charge is 0.313 e. The molecule has 2 aromatic rings. The molecule has 1 aliphatic heterocycles. The molecule has 0 saturated carbocycles. The van der Waals surface area contributed by atoms with Gasteiger partial charge in [-0.25, -0.2) is 0 Å². The number of benzene rings is 2. The Morgan fingerprint density at radius 3 is 2.60 bits per heavy atom. The molecule has 0 spiro atoms. The molecule has 0 unspecified atom stereocenters. The summed E-state index contributed by atoms with van der Waals surface area (Å²) in [5, 5.41) is 0. The Morgan fingerprint density at radius 1 is 1.20 bits per heavy atom. The summed E-state index contributed by atoms with van der Waals surface area (Å²) >= 11 is 3.25. The minimum atomic E-state index is -4.16. The van der Waals surface area contributed by atoms with Crippen LogP contribution in [0.25, 0.3) is 0 Å². The number of ketones is 1. The summed E-state index contributed by atoms with van der Waals surface area (Å²) < 4.78 is 43.5. The fourth-order valence-electron chi connectivity index (χ4n) is 2.25. The van der Waals surface area contributed by atoms with Crippen LogP contribution in [0.15, 0.2) is 70.7 Å². The van der Waals surface area contributed by atoms with Gasteiger partial charge in [0.15, 0.2) is 6.08 Å². The number of carbonyl (C=O) groups excluding carboxylic acids is 1. The van der Waals surface area contributed by atoms with Crippen LogP contribution >= 0.6 is 15.9 Å². The second-order valence-electron chi connectivity index (χ2n) is 5.23. The maximum atomic E-state index is 12.6. The van der Waals surface area contributed by atoms with Gasteiger partial charge in [0.05, 0.1) is 1.37 Å². The van der Waals surface area contributed by atoms with E-state index in [2.05, 4.69) is 15.9 Å². The molecule has 0 radical (unpaired) electrons. The van der Waals surface area contributed by atoms with Crippen molar-refractivity contribution in [2.24, 2.45) is 5.73 Å². The normalized spacial score (nSPS) is 21.0. The second kappa shape index (κ2) is 6.89. The molecule has 0 amide bonds. The number of carbonyl (C=O) groups is 1. The van der Waals surface area contributed by atoms with E-state index in [1.165, 1.54) is 12.1 Å². The van der Waals surface area contributed by atoms with Crippen LogP contribution in [0.3, 0.4) is 0 Å². The first-order chi connectivity index (χ1) is 12.2. The largest absolute Gasteiger partial charge is 0.460 e. The Kier molecular flexibility index (Phi) is 4.46. The predicted molar refractivity (Wildman–Crippen MR) is 94.3 cm³/mol. The zero-order chi connectivity index (χ0) is 18.9. The molecule has 0 aliphatic carbocycles. The number of halogens is 1. The zero-order valence-corrected chi connectivity index (χ0v) is 15.2. The van der Waals surface area contributed by atoms with Crippen molar-refractivity contribution in [3.8, 4) is 0 Å². The van der Waals surface area contributed by atoms with Crippen LogP contribution in [-0.2, 0) is 29.6 Å². The van der Waals surface area contributed by atoms with Crippen molar-refractivity contribution in [2.75, 3.05) is 0 Å². The highest BCUT2D eigenvalue weighted by atomic mass is 79.9. The van der Waals surface area contributed by atoms with Gasteiger partial charge in [-0.15, -0.1) is 0 Å². The van der Waals surface area contributed by atoms with Crippen LogP contribution in [0, 0.1) is 0 Å². The second-order valence-corrected chi connectivity index (χ2v) is 7.72. The Morgan fingerprint density at radius 2 is 1.92 bits per heavy atom. The van der Waals surface area contributed by atoms with Gasteiger partial charge in [0.1, 0.15) is 5.75 Å². The first-order valence-electron chi connectivity index (χ1n) is 7.67. The molecule has 1 heterocycles. The lowest BCUT2D eigenvalue weighted by atomic mass is 10.1. The average Bonchev–Trinajstić information content (AvgIpc) is 2.79. The van der Waals surface area contributed by atoms with E-state index in [0.29, 0.717) is 10.0 Å². The lowest BCUT2D eigenvalue weighted by molar-refractivity contribution is -0.123. The van der Waals surface area contributed by atoms with Crippen molar-refractivity contribution in [2.45, 2.75) is 11.8 Å². The van der Waals surface area contributed by atoms with Gasteiger partial charge in [-0.2, -0.15) is 8.42 Å². The maximum Gasteiger partial charge on any atom is 0.313 e. The summed E-state index contributed by atoms with van der Waals surface area (Å²) in [7, 11) is -4.16. The highest BCUT2D eigenvalue weighted by Crippen LogP contribution is 2.33. The maximum absolute atomic E-state index is 12.6. The number of hydrogen-bond donors (Lipinski definition) is 1. The molecule has 25 heavy (non-hydrogen) atoms. The fourth-order valence-corrected chi connectivity index (χ4v) is 3.72. The molecule has 6 nitrogen and oxygen atoms in total. The predicted octanol–water partition coefficient (Wildman–Crippen LogP) is 2.76. The lowest BCUT2D eigenvalue weighted by Gasteiger charge is -2.10. The summed E-state index contributed by atoms with van der Waals surface area (Å²) in [6.07, 6.45) is -2.20. The molecule has 1 aliphatic rings. The van der Waals surface area contributed by atoms with E-state index >= 15 is 0 Å². The molecule has 2 N–H and O–H groups in total. The van der Waals surface area contributed by atoms with Crippen LogP contribution in [0.5, 0.6) is 0 Å². The first-order valence-corrected chi connectivity index (χ1v) is 9.54. The zero-order valence-electron chi connectivity index (χ0n) is 13.8. The van der Waals surface area contributed by atoms with Crippen molar-refractivity contribution >= 4 is 31.8 Å². The van der Waals surface area contributed by atoms with Crippen LogP contribution in [0.4, 0.5) is 0 Å². The molecule has 130 valence electrons. The quantitative estimate of drug-likeness (QED) is 0.741. The van der Waals surface area contributed by atoms with E-state index in [9.17, 15) is 13.2 Å². The van der Waals surface area contributed by atoms with E-state index < -0.39 is 39.4 Å². The molecule has 2 aromatic carbocycles. The third-order valence-electron chi connectivity index (χ3n) is 3.33. The summed E-state index contributed by atoms with van der Waals surface area (Å²) in [6, 6.07) is 14.7. The van der Waals surface area contributed by atoms with Crippen molar-refractivity contribution in [1.82, 2.24) is 0 Å². The average molecular weight is 425 g/mol. The van der Waals surface area contributed by atoms with Gasteiger partial charge in [-0.3, -0.25) is 4.79 Å². The molecule has 0 bridgehead atoms. The van der Waals surface area contributed by atoms with Crippen LogP contribution in [0.2, 0.25) is 0 Å². The minimum Gasteiger partial charge on any atom is -0.460 e. The summed E-state index contributed by atoms with van der Waals surface area (Å²) in [4.78, 5) is 12.6. The molecule has 0 saturated heterocycles. The first kappa shape index (κ1) is 16.2. The molecule has 8 heteroatoms. The Balaban J connectivity index is 1.85. The highest BCUT2D eigenvalue weighted by Gasteiger charge is 2.39. The minimum absolute atomic E-state index is 0.193. The molecule has 1 atom stereocenters. The standard InChI is InChI=1S/C17H14BrNO5S/c18-13-8-4-7-12(9-13)15-14(20)16(17(19)23-15)24-25(21,22)10-11-5-2-1-3-6-11/h1-9,15H,10,19H2/t15-/m0/s1/i15D. The van der Waals surface area contributed by atoms with Gasteiger partial charge in [0.25, 0.3) is 0 Å². The summed E-state index contributed by atoms with van der Waals surface area (Å²) in [5.41, 5.74) is 6.32. The summed E-state index contributed by atoms with van der Waals surface area (Å²) in [5.74, 6) is -2.65. The number of Topliss-reactive ketones (excluding diaryl/α,β-unsaturated/α-hetero) is 1. The third-order valence-corrected chi connectivity index (χ3v) is 4.93. The van der Waals surface area contributed by atoms with Gasteiger partial charge in [0, 0.05) is 10.0 Å². The topological polar surface area (TPSA) is 95.7 Å². The fraction of sp³-hybridized carbons (Fsp3) is 0.118. The lowest BCUT2D eigenvalue weighted by Crippen LogP contribution is -2.16. The van der Waals surface area contributed by atoms with Gasteiger partial charge in [-0.1, -0.05) is 58.4 Å². The number of nitrogens with two attached hydrogens (primary N) is 1.